The number of hydrogen-bond acceptors (Lipinski definition) is 5. The number of rotatable bonds is 3. The Labute approximate surface area is 120 Å². The van der Waals surface area contributed by atoms with Crippen molar-refractivity contribution < 1.29 is 4.92 Å². The highest BCUT2D eigenvalue weighted by molar-refractivity contribution is 7.11. The first-order valence-electron chi connectivity index (χ1n) is 6.33. The van der Waals surface area contributed by atoms with E-state index in [1.54, 1.807) is 23.6 Å². The van der Waals surface area contributed by atoms with Crippen LogP contribution in [0.2, 0.25) is 0 Å². The van der Waals surface area contributed by atoms with Crippen molar-refractivity contribution in [3.63, 3.8) is 0 Å². The normalized spacial score (nSPS) is 15.0. The van der Waals surface area contributed by atoms with Crippen LogP contribution >= 0.6 is 11.3 Å². The van der Waals surface area contributed by atoms with Gasteiger partial charge in [-0.05, 0) is 29.5 Å². The van der Waals surface area contributed by atoms with E-state index < -0.39 is 0 Å². The summed E-state index contributed by atoms with van der Waals surface area (Å²) in [5.41, 5.74) is 1.38. The van der Waals surface area contributed by atoms with E-state index in [1.165, 1.54) is 16.5 Å². The molecule has 2 aromatic rings. The lowest BCUT2D eigenvalue weighted by Crippen LogP contribution is -2.29. The average molecular weight is 287 g/mol. The molecule has 6 heteroatoms. The lowest BCUT2D eigenvalue weighted by Gasteiger charge is -2.26. The molecule has 0 spiro atoms. The average Bonchev–Trinajstić information content (AvgIpc) is 3.02. The van der Waals surface area contributed by atoms with Gasteiger partial charge in [-0.1, -0.05) is 12.1 Å². The van der Waals surface area contributed by atoms with Crippen LogP contribution in [0.4, 0.5) is 11.5 Å². The van der Waals surface area contributed by atoms with E-state index in [9.17, 15) is 10.1 Å². The molecule has 5 nitrogen and oxygen atoms in total. The lowest BCUT2D eigenvalue weighted by atomic mass is 10.1. The fourth-order valence-corrected chi connectivity index (χ4v) is 3.12. The molecule has 102 valence electrons. The Balaban J connectivity index is 1.83. The summed E-state index contributed by atoms with van der Waals surface area (Å²) in [6, 6.07) is 7.24. The van der Waals surface area contributed by atoms with Gasteiger partial charge in [0.25, 0.3) is 0 Å². The van der Waals surface area contributed by atoms with Crippen LogP contribution in [-0.2, 0) is 0 Å². The number of anilines is 1. The molecule has 0 saturated carbocycles. The molecular weight excluding hydrogens is 274 g/mol. The van der Waals surface area contributed by atoms with Gasteiger partial charge in [-0.25, -0.2) is 4.98 Å². The van der Waals surface area contributed by atoms with Crippen LogP contribution in [0, 0.1) is 10.1 Å². The molecule has 0 aromatic carbocycles. The number of nitro groups is 1. The number of nitrogens with zero attached hydrogens (tertiary/aromatic N) is 3. The van der Waals surface area contributed by atoms with Crippen LogP contribution in [-0.4, -0.2) is 23.0 Å². The minimum Gasteiger partial charge on any atom is -0.347 e. The van der Waals surface area contributed by atoms with E-state index in [0.717, 1.165) is 13.0 Å². The van der Waals surface area contributed by atoms with E-state index in [0.29, 0.717) is 12.4 Å². The van der Waals surface area contributed by atoms with Crippen molar-refractivity contribution in [2.24, 2.45) is 0 Å². The molecule has 1 aliphatic rings. The van der Waals surface area contributed by atoms with Gasteiger partial charge in [0.05, 0.1) is 4.92 Å². The molecular formula is C14H13N3O2S. The molecule has 0 amide bonds. The summed E-state index contributed by atoms with van der Waals surface area (Å²) >= 11 is 1.72. The molecule has 0 bridgehead atoms. The van der Waals surface area contributed by atoms with Crippen LogP contribution in [0.25, 0.3) is 5.57 Å². The molecule has 0 saturated heterocycles. The molecule has 0 unspecified atom stereocenters. The van der Waals surface area contributed by atoms with Gasteiger partial charge >= 0.3 is 5.69 Å². The van der Waals surface area contributed by atoms with Crippen molar-refractivity contribution in [2.45, 2.75) is 6.42 Å². The highest BCUT2D eigenvalue weighted by Crippen LogP contribution is 2.31. The molecule has 0 aliphatic carbocycles. The second-order valence-electron chi connectivity index (χ2n) is 4.51. The van der Waals surface area contributed by atoms with Crippen LogP contribution < -0.4 is 4.90 Å². The minimum atomic E-state index is -0.374. The van der Waals surface area contributed by atoms with Crippen molar-refractivity contribution in [2.75, 3.05) is 18.0 Å². The Morgan fingerprint density at radius 2 is 2.25 bits per heavy atom. The van der Waals surface area contributed by atoms with Gasteiger partial charge in [0, 0.05) is 30.2 Å². The van der Waals surface area contributed by atoms with Crippen molar-refractivity contribution >= 4 is 28.4 Å². The summed E-state index contributed by atoms with van der Waals surface area (Å²) in [6.07, 6.45) is 4.61. The van der Waals surface area contributed by atoms with Crippen LogP contribution in [0.5, 0.6) is 0 Å². The zero-order chi connectivity index (χ0) is 13.9. The molecule has 0 radical (unpaired) electrons. The zero-order valence-corrected chi connectivity index (χ0v) is 11.5. The Bertz CT molecular complexity index is 652. The Hall–Kier alpha value is -2.21. The topological polar surface area (TPSA) is 59.3 Å². The summed E-state index contributed by atoms with van der Waals surface area (Å²) in [7, 11) is 0. The molecule has 0 fully saturated rings. The highest BCUT2D eigenvalue weighted by Gasteiger charge is 2.22. The number of aromatic nitrogens is 1. The van der Waals surface area contributed by atoms with Crippen LogP contribution in [0.15, 0.2) is 41.9 Å². The molecule has 20 heavy (non-hydrogen) atoms. The third-order valence-corrected chi connectivity index (χ3v) is 4.25. The number of hydrogen-bond donors (Lipinski definition) is 0. The van der Waals surface area contributed by atoms with Gasteiger partial charge in [-0.2, -0.15) is 0 Å². The van der Waals surface area contributed by atoms with Crippen molar-refractivity contribution in [1.29, 1.82) is 0 Å². The van der Waals surface area contributed by atoms with Crippen molar-refractivity contribution in [3.8, 4) is 0 Å². The SMILES string of the molecule is O=[N+]([O-])c1cccnc1N1CC=C(c2cccs2)CC1. The second-order valence-corrected chi connectivity index (χ2v) is 5.45. The predicted molar refractivity (Wildman–Crippen MR) is 80.0 cm³/mol. The van der Waals surface area contributed by atoms with Crippen LogP contribution in [0.1, 0.15) is 11.3 Å². The summed E-state index contributed by atoms with van der Waals surface area (Å²) in [4.78, 5) is 18.1. The van der Waals surface area contributed by atoms with Crippen molar-refractivity contribution in [3.05, 3.63) is 56.9 Å². The van der Waals surface area contributed by atoms with E-state index >= 15 is 0 Å². The number of thiophene rings is 1. The fraction of sp³-hybridized carbons (Fsp3) is 0.214. The van der Waals surface area contributed by atoms with Crippen molar-refractivity contribution in [1.82, 2.24) is 4.98 Å². The maximum Gasteiger partial charge on any atom is 0.311 e. The number of pyridine rings is 1. The van der Waals surface area contributed by atoms with Gasteiger partial charge < -0.3 is 4.90 Å². The zero-order valence-electron chi connectivity index (χ0n) is 10.7. The highest BCUT2D eigenvalue weighted by atomic mass is 32.1. The second kappa shape index (κ2) is 5.42. The lowest BCUT2D eigenvalue weighted by molar-refractivity contribution is -0.384. The fourth-order valence-electron chi connectivity index (χ4n) is 2.32. The van der Waals surface area contributed by atoms with E-state index in [1.807, 2.05) is 11.0 Å². The Morgan fingerprint density at radius 3 is 2.90 bits per heavy atom. The smallest absolute Gasteiger partial charge is 0.311 e. The largest absolute Gasteiger partial charge is 0.347 e. The third-order valence-electron chi connectivity index (χ3n) is 3.31. The Kier molecular flexibility index (Phi) is 3.47. The first kappa shape index (κ1) is 12.8. The van der Waals surface area contributed by atoms with Gasteiger partial charge in [-0.3, -0.25) is 10.1 Å². The quantitative estimate of drug-likeness (QED) is 0.641. The molecule has 3 heterocycles. The van der Waals surface area contributed by atoms with Gasteiger partial charge in [0.15, 0.2) is 0 Å². The molecule has 1 aliphatic heterocycles. The van der Waals surface area contributed by atoms with Crippen LogP contribution in [0.3, 0.4) is 0 Å². The van der Waals surface area contributed by atoms with Gasteiger partial charge in [0.2, 0.25) is 5.82 Å². The monoisotopic (exact) mass is 287 g/mol. The predicted octanol–water partition coefficient (Wildman–Crippen LogP) is 3.35. The molecule has 0 atom stereocenters. The molecule has 3 rings (SSSR count). The summed E-state index contributed by atoms with van der Waals surface area (Å²) < 4.78 is 0. The first-order valence-corrected chi connectivity index (χ1v) is 7.21. The first-order chi connectivity index (χ1) is 9.75. The molecule has 0 N–H and O–H groups in total. The van der Waals surface area contributed by atoms with E-state index in [4.69, 9.17) is 0 Å². The minimum absolute atomic E-state index is 0.0699. The van der Waals surface area contributed by atoms with Gasteiger partial charge in [-0.15, -0.1) is 11.3 Å². The standard InChI is InChI=1S/C14H13N3O2S/c18-17(19)12-3-1-7-15-14(12)16-8-5-11(6-9-16)13-4-2-10-20-13/h1-5,7,10H,6,8-9H2. The van der Waals surface area contributed by atoms with Gasteiger partial charge in [0.1, 0.15) is 0 Å². The van der Waals surface area contributed by atoms with E-state index in [2.05, 4.69) is 22.5 Å². The summed E-state index contributed by atoms with van der Waals surface area (Å²) in [5.74, 6) is 0.457. The third kappa shape index (κ3) is 2.42. The van der Waals surface area contributed by atoms with E-state index in [-0.39, 0.29) is 10.6 Å². The Morgan fingerprint density at radius 1 is 1.35 bits per heavy atom. The summed E-state index contributed by atoms with van der Waals surface area (Å²) in [6.45, 7) is 1.41. The molecule has 2 aromatic heterocycles. The maximum absolute atomic E-state index is 11.0. The summed E-state index contributed by atoms with van der Waals surface area (Å²) in [5, 5.41) is 13.1. The maximum atomic E-state index is 11.0.